The Bertz CT molecular complexity index is 7460. The van der Waals surface area contributed by atoms with E-state index in [0.29, 0.717) is 92.1 Å². The van der Waals surface area contributed by atoms with Gasteiger partial charge in [0.2, 0.25) is 0 Å². The van der Waals surface area contributed by atoms with E-state index >= 15 is 0 Å². The molecule has 0 fully saturated rings. The first-order chi connectivity index (χ1) is 61.9. The molecule has 0 atom stereocenters. The minimum Gasteiger partial charge on any atom is -0.323 e. The number of para-hydroxylation sites is 5. The average molecular weight is 1730 g/mol. The third kappa shape index (κ3) is 20.5. The fraction of sp³-hybridized carbons (Fsp3) is 0.0947. The van der Waals surface area contributed by atoms with Crippen LogP contribution in [0.3, 0.4) is 0 Å². The molecule has 0 unspecified atom stereocenters. The molecule has 128 heavy (non-hydrogen) atoms. The molecule has 0 bridgehead atoms. The van der Waals surface area contributed by atoms with Gasteiger partial charge >= 0.3 is 6.18 Å². The summed E-state index contributed by atoms with van der Waals surface area (Å²) in [4.78, 5) is 45.8. The number of hydrogen-bond donors (Lipinski definition) is 10. The van der Waals surface area contributed by atoms with Crippen molar-refractivity contribution in [1.29, 1.82) is 5.26 Å². The summed E-state index contributed by atoms with van der Waals surface area (Å²) in [6.45, 7) is 14.0. The Kier molecular flexibility index (Phi) is 24.9. The van der Waals surface area contributed by atoms with Gasteiger partial charge in [-0.2, -0.15) is 43.9 Å². The number of aromatic nitrogens is 20. The summed E-state index contributed by atoms with van der Waals surface area (Å²) in [5.74, 6) is 7.07. The summed E-state index contributed by atoms with van der Waals surface area (Å²) in [5.41, 5.74) is 12.6. The Balaban J connectivity index is 0.000000118. The molecule has 10 aromatic heterocycles. The van der Waals surface area contributed by atoms with Crippen molar-refractivity contribution in [2.75, 3.05) is 26.6 Å². The van der Waals surface area contributed by atoms with Gasteiger partial charge in [0.05, 0.1) is 49.8 Å². The Morgan fingerprint density at radius 2 is 0.625 bits per heavy atom. The van der Waals surface area contributed by atoms with Crippen LogP contribution in [-0.2, 0) is 6.18 Å². The quantitative estimate of drug-likeness (QED) is 0.0402. The molecule has 0 aliphatic heterocycles. The normalized spacial score (nSPS) is 11.1. The summed E-state index contributed by atoms with van der Waals surface area (Å²) < 4.78 is 79.7. The molecule has 0 aliphatic carbocycles. The van der Waals surface area contributed by atoms with Crippen molar-refractivity contribution in [3.63, 3.8) is 0 Å². The molecule has 10 N–H and O–H groups in total. The van der Waals surface area contributed by atoms with E-state index in [4.69, 9.17) is 26.8 Å². The molecule has 20 rings (SSSR count). The maximum atomic E-state index is 13.6. The van der Waals surface area contributed by atoms with Crippen LogP contribution in [0.15, 0.2) is 261 Å². The number of benzene rings is 10. The average Bonchev–Trinajstić information content (AvgIpc) is 1.20. The Hall–Kier alpha value is -16.7. The molecule has 0 aliphatic rings. The van der Waals surface area contributed by atoms with Crippen LogP contribution in [0.2, 0.25) is 5.02 Å². The lowest BCUT2D eigenvalue weighted by molar-refractivity contribution is -0.137. The van der Waals surface area contributed by atoms with Crippen LogP contribution in [0.5, 0.6) is 0 Å². The van der Waals surface area contributed by atoms with Crippen molar-refractivity contribution in [2.45, 2.75) is 60.6 Å². The van der Waals surface area contributed by atoms with Gasteiger partial charge < -0.3 is 26.6 Å². The molecular weight excluding hydrogens is 1650 g/mol. The molecule has 0 radical (unpaired) electrons. The number of aryl methyl sites for hydroxylation is 5. The highest BCUT2D eigenvalue weighted by Crippen LogP contribution is 2.37. The molecule has 0 saturated heterocycles. The molecular formula is C95H75ClF6N26. The predicted octanol–water partition coefficient (Wildman–Crippen LogP) is 23.4. The summed E-state index contributed by atoms with van der Waals surface area (Å²) in [5, 5.41) is 64.7. The highest BCUT2D eigenvalue weighted by Gasteiger charge is 2.31. The number of aromatic amines is 5. The lowest BCUT2D eigenvalue weighted by Gasteiger charge is -2.11. The minimum atomic E-state index is -4.43. The standard InChI is InChI=1S/C21H21N5.C19H14F3N5.C19H14N6.C18H13ClFN5.C18H13F2N5/c1-13(2)15-7-6-8-16(12-15)20-22-18-10-5-4-9-17(18)21(24-20)23-19-11-14(3)25-26-19;1-11-9-16(27-26-11)24-18-14-7-2-3-8-15(14)23-17(25-18)12-5-4-6-13(10-12)19(20,21)22;1-12-9-17(25-24-12)22-19-15-7-2-3-8-16(15)21-18(23-19)14-6-4-5-13(10-14)11-20;1-10-8-16(25-24-10)22-18-12-4-2-3-5-15(12)21-17(23-18)11-6-7-14(20)13(19)9-11;1-10-6-16(25-24-10)22-18-14-4-2-3-5-15(14)21-17(23-18)11-7-12(19)9-13(20)8-11/h4-13H,1-3H3,(H2,22,23,24,25,26);2-10H,1H3,(H2,23,24,25,26,27);2-10H,1H3,(H2,21,22,23,24,25);2*2-9H,1H3,(H2,21,22,23,24,25). The lowest BCUT2D eigenvalue weighted by Crippen LogP contribution is -2.05. The second-order valence-corrected chi connectivity index (χ2v) is 30.1. The number of hydrogen-bond acceptors (Lipinski definition) is 21. The zero-order chi connectivity index (χ0) is 89.1. The van der Waals surface area contributed by atoms with Crippen molar-refractivity contribution in [3.05, 3.63) is 328 Å². The van der Waals surface area contributed by atoms with E-state index < -0.39 is 29.2 Å². The fourth-order valence-electron chi connectivity index (χ4n) is 13.4. The molecule has 0 saturated carbocycles. The summed E-state index contributed by atoms with van der Waals surface area (Å²) >= 11 is 5.89. The summed E-state index contributed by atoms with van der Waals surface area (Å²) in [6.07, 6.45) is -4.43. The summed E-state index contributed by atoms with van der Waals surface area (Å²) in [7, 11) is 0. The van der Waals surface area contributed by atoms with Gasteiger partial charge in [-0.3, -0.25) is 25.5 Å². The number of anilines is 10. The van der Waals surface area contributed by atoms with Crippen LogP contribution >= 0.6 is 11.6 Å². The number of alkyl halides is 3. The topological polar surface area (TPSA) is 356 Å². The molecule has 33 heteroatoms. The van der Waals surface area contributed by atoms with Gasteiger partial charge in [-0.05, 0) is 167 Å². The van der Waals surface area contributed by atoms with Gasteiger partial charge in [-0.15, -0.1) is 0 Å². The third-order valence-corrected chi connectivity index (χ3v) is 19.9. The predicted molar refractivity (Wildman–Crippen MR) is 487 cm³/mol. The van der Waals surface area contributed by atoms with Crippen LogP contribution in [0, 0.1) is 63.4 Å². The van der Waals surface area contributed by atoms with E-state index in [1.165, 1.54) is 35.9 Å². The number of fused-ring (bicyclic) bond motifs is 5. The first-order valence-electron chi connectivity index (χ1n) is 39.9. The van der Waals surface area contributed by atoms with E-state index in [9.17, 15) is 26.3 Å². The van der Waals surface area contributed by atoms with Crippen LogP contribution in [0.25, 0.3) is 111 Å². The fourth-order valence-corrected chi connectivity index (χ4v) is 13.6. The largest absolute Gasteiger partial charge is 0.416 e. The molecule has 0 amide bonds. The Labute approximate surface area is 731 Å². The van der Waals surface area contributed by atoms with Crippen molar-refractivity contribution in [1.82, 2.24) is 101 Å². The smallest absolute Gasteiger partial charge is 0.323 e. The summed E-state index contributed by atoms with van der Waals surface area (Å²) in [6, 6.07) is 78.0. The minimum absolute atomic E-state index is 0.0340. The van der Waals surface area contributed by atoms with Gasteiger partial charge in [0.15, 0.2) is 58.2 Å². The maximum absolute atomic E-state index is 13.6. The van der Waals surface area contributed by atoms with Crippen molar-refractivity contribution in [3.8, 4) is 63.0 Å². The van der Waals surface area contributed by atoms with Gasteiger partial charge in [0.25, 0.3) is 0 Å². The first-order valence-corrected chi connectivity index (χ1v) is 40.3. The van der Waals surface area contributed by atoms with Gasteiger partial charge in [-0.1, -0.05) is 129 Å². The Morgan fingerprint density at radius 3 is 0.938 bits per heavy atom. The molecule has 10 aromatic carbocycles. The third-order valence-electron chi connectivity index (χ3n) is 19.6. The molecule has 0 spiro atoms. The van der Waals surface area contributed by atoms with Gasteiger partial charge in [0.1, 0.15) is 46.5 Å². The van der Waals surface area contributed by atoms with E-state index in [2.05, 4.69) is 162 Å². The van der Waals surface area contributed by atoms with Crippen molar-refractivity contribution < 1.29 is 26.3 Å². The second kappa shape index (κ2) is 37.6. The second-order valence-electron chi connectivity index (χ2n) is 29.7. The number of nitrogens with zero attached hydrogens (tertiary/aromatic N) is 16. The number of nitrogens with one attached hydrogen (secondary N) is 10. The number of nitriles is 1. The number of halogens is 7. The van der Waals surface area contributed by atoms with Gasteiger partial charge in [-0.25, -0.2) is 63.0 Å². The highest BCUT2D eigenvalue weighted by atomic mass is 35.5. The van der Waals surface area contributed by atoms with E-state index in [1.807, 2.05) is 186 Å². The number of rotatable bonds is 16. The Morgan fingerprint density at radius 1 is 0.320 bits per heavy atom. The van der Waals surface area contributed by atoms with Crippen molar-refractivity contribution >= 4 is 124 Å². The van der Waals surface area contributed by atoms with Gasteiger partial charge in [0, 0.05) is 120 Å². The van der Waals surface area contributed by atoms with E-state index in [1.54, 1.807) is 36.4 Å². The van der Waals surface area contributed by atoms with Crippen LogP contribution < -0.4 is 26.6 Å². The van der Waals surface area contributed by atoms with Crippen LogP contribution in [0.1, 0.15) is 64.9 Å². The highest BCUT2D eigenvalue weighted by molar-refractivity contribution is 6.31. The molecule has 26 nitrogen and oxygen atoms in total. The van der Waals surface area contributed by atoms with E-state index in [-0.39, 0.29) is 27.8 Å². The van der Waals surface area contributed by atoms with E-state index in [0.717, 1.165) is 113 Å². The maximum Gasteiger partial charge on any atom is 0.416 e. The van der Waals surface area contributed by atoms with Crippen LogP contribution in [-0.4, -0.2) is 101 Å². The monoisotopic (exact) mass is 1730 g/mol. The lowest BCUT2D eigenvalue weighted by atomic mass is 10.0. The SMILES string of the molecule is Cc1cc(Nc2nc(-c3cc(F)cc(F)c3)nc3ccccc23)n[nH]1.Cc1cc(Nc2nc(-c3ccc(F)c(Cl)c3)nc3ccccc23)n[nH]1.Cc1cc(Nc2nc(-c3cccc(C#N)c3)nc3ccccc23)n[nH]1.Cc1cc(Nc2nc(-c3cccc(C(C)C)c3)nc3ccccc23)n[nH]1.Cc1cc(Nc2nc(-c3cccc(C(F)(F)F)c3)nc3ccccc23)n[nH]1. The van der Waals surface area contributed by atoms with Crippen molar-refractivity contribution in [2.24, 2.45) is 0 Å². The first kappa shape index (κ1) is 84.9. The zero-order valence-corrected chi connectivity index (χ0v) is 70.0. The molecule has 634 valence electrons. The molecule has 20 aromatic rings. The van der Waals surface area contributed by atoms with Crippen LogP contribution in [0.4, 0.5) is 84.5 Å². The zero-order valence-electron chi connectivity index (χ0n) is 69.2. The number of H-pyrrole nitrogens is 5. The molecule has 10 heterocycles.